The van der Waals surface area contributed by atoms with Gasteiger partial charge in [-0.3, -0.25) is 0 Å². The van der Waals surface area contributed by atoms with Crippen LogP contribution in [-0.2, 0) is 0 Å². The highest BCUT2D eigenvalue weighted by Gasteiger charge is 2.13. The van der Waals surface area contributed by atoms with Crippen LogP contribution >= 0.6 is 23.2 Å². The van der Waals surface area contributed by atoms with Crippen molar-refractivity contribution in [1.82, 2.24) is 0 Å². The maximum Gasteiger partial charge on any atom is 0.0462 e. The molecule has 0 amide bonds. The summed E-state index contributed by atoms with van der Waals surface area (Å²) in [7, 11) is 0. The second-order valence-electron chi connectivity index (χ2n) is 3.79. The van der Waals surface area contributed by atoms with Crippen molar-refractivity contribution in [1.29, 1.82) is 0 Å². The van der Waals surface area contributed by atoms with Gasteiger partial charge in [0, 0.05) is 16.0 Å². The Kier molecular flexibility index (Phi) is 3.88. The average Bonchev–Trinajstić information content (AvgIpc) is 2.34. The molecule has 2 heteroatoms. The lowest BCUT2D eigenvalue weighted by Gasteiger charge is -2.15. The molecule has 86 valence electrons. The fraction of sp³-hybridized carbons (Fsp3) is 0.0667. The largest absolute Gasteiger partial charge is 0.102 e. The molecular formula is C15H12Cl2. The van der Waals surface area contributed by atoms with E-state index in [0.717, 1.165) is 5.56 Å². The second-order valence-corrected chi connectivity index (χ2v) is 4.63. The van der Waals surface area contributed by atoms with E-state index in [-0.39, 0.29) is 5.92 Å². The lowest BCUT2D eigenvalue weighted by atomic mass is 9.91. The average molecular weight is 263 g/mol. The van der Waals surface area contributed by atoms with Crippen molar-refractivity contribution in [3.05, 3.63) is 82.4 Å². The molecule has 1 atom stereocenters. The molecule has 0 aliphatic carbocycles. The van der Waals surface area contributed by atoms with Crippen molar-refractivity contribution in [3.63, 3.8) is 0 Å². The van der Waals surface area contributed by atoms with Crippen LogP contribution in [0.1, 0.15) is 17.0 Å². The highest BCUT2D eigenvalue weighted by Crippen LogP contribution is 2.32. The summed E-state index contributed by atoms with van der Waals surface area (Å²) < 4.78 is 0. The van der Waals surface area contributed by atoms with Gasteiger partial charge in [-0.15, -0.1) is 6.58 Å². The molecule has 2 aromatic carbocycles. The minimum absolute atomic E-state index is 0.0981. The van der Waals surface area contributed by atoms with E-state index in [0.29, 0.717) is 10.0 Å². The molecule has 1 unspecified atom stereocenters. The Bertz CT molecular complexity index is 518. The predicted molar refractivity (Wildman–Crippen MR) is 74.9 cm³/mol. The molecule has 2 aromatic rings. The molecule has 0 radical (unpaired) electrons. The van der Waals surface area contributed by atoms with Crippen LogP contribution in [0.4, 0.5) is 0 Å². The summed E-state index contributed by atoms with van der Waals surface area (Å²) in [6, 6.07) is 15.7. The van der Waals surface area contributed by atoms with E-state index in [9.17, 15) is 0 Å². The van der Waals surface area contributed by atoms with Gasteiger partial charge in [-0.05, 0) is 23.3 Å². The Morgan fingerprint density at radius 1 is 1.00 bits per heavy atom. The molecular weight excluding hydrogens is 251 g/mol. The van der Waals surface area contributed by atoms with Gasteiger partial charge in [-0.2, -0.15) is 0 Å². The van der Waals surface area contributed by atoms with Gasteiger partial charge < -0.3 is 0 Å². The molecule has 0 saturated heterocycles. The standard InChI is InChI=1S/C15H12Cl2/c1-2-13(11-6-4-3-5-7-11)14-9-8-12(16)10-15(14)17/h2-10,13H,1H2. The fourth-order valence-electron chi connectivity index (χ4n) is 1.86. The van der Waals surface area contributed by atoms with Crippen molar-refractivity contribution in [2.24, 2.45) is 0 Å². The van der Waals surface area contributed by atoms with E-state index >= 15 is 0 Å². The number of rotatable bonds is 3. The van der Waals surface area contributed by atoms with Gasteiger partial charge in [0.15, 0.2) is 0 Å². The first kappa shape index (κ1) is 12.2. The number of benzene rings is 2. The Morgan fingerprint density at radius 2 is 1.71 bits per heavy atom. The minimum atomic E-state index is 0.0981. The van der Waals surface area contributed by atoms with Crippen molar-refractivity contribution in [2.75, 3.05) is 0 Å². The first-order valence-electron chi connectivity index (χ1n) is 5.35. The maximum atomic E-state index is 6.22. The predicted octanol–water partition coefficient (Wildman–Crippen LogP) is 5.31. The van der Waals surface area contributed by atoms with Crippen LogP contribution in [0.3, 0.4) is 0 Å². The molecule has 0 saturated carbocycles. The molecule has 0 fully saturated rings. The summed E-state index contributed by atoms with van der Waals surface area (Å²) in [5.74, 6) is 0.0981. The zero-order chi connectivity index (χ0) is 12.3. The monoisotopic (exact) mass is 262 g/mol. The smallest absolute Gasteiger partial charge is 0.0462 e. The summed E-state index contributed by atoms with van der Waals surface area (Å²) in [5, 5.41) is 1.32. The SMILES string of the molecule is C=CC(c1ccccc1)c1ccc(Cl)cc1Cl. The highest BCUT2D eigenvalue weighted by molar-refractivity contribution is 6.35. The Labute approximate surface area is 112 Å². The molecule has 0 heterocycles. The third-order valence-corrected chi connectivity index (χ3v) is 3.25. The van der Waals surface area contributed by atoms with Crippen molar-refractivity contribution >= 4 is 23.2 Å². The van der Waals surface area contributed by atoms with Gasteiger partial charge in [0.25, 0.3) is 0 Å². The quantitative estimate of drug-likeness (QED) is 0.658. The third kappa shape index (κ3) is 2.71. The van der Waals surface area contributed by atoms with Crippen LogP contribution in [0.15, 0.2) is 61.2 Å². The number of hydrogen-bond acceptors (Lipinski definition) is 0. The Balaban J connectivity index is 2.46. The number of halogens is 2. The lowest BCUT2D eigenvalue weighted by molar-refractivity contribution is 1.03. The van der Waals surface area contributed by atoms with Crippen molar-refractivity contribution < 1.29 is 0 Å². The fourth-order valence-corrected chi connectivity index (χ4v) is 2.38. The van der Waals surface area contributed by atoms with Gasteiger partial charge in [-0.1, -0.05) is 65.7 Å². The molecule has 0 aromatic heterocycles. The van der Waals surface area contributed by atoms with E-state index in [4.69, 9.17) is 23.2 Å². The van der Waals surface area contributed by atoms with Crippen LogP contribution in [0.2, 0.25) is 10.0 Å². The zero-order valence-corrected chi connectivity index (χ0v) is 10.7. The normalized spacial score (nSPS) is 12.1. The van der Waals surface area contributed by atoms with E-state index < -0.39 is 0 Å². The van der Waals surface area contributed by atoms with Gasteiger partial charge in [0.2, 0.25) is 0 Å². The molecule has 17 heavy (non-hydrogen) atoms. The summed E-state index contributed by atoms with van der Waals surface area (Å²) in [6.07, 6.45) is 1.89. The van der Waals surface area contributed by atoms with E-state index in [1.54, 1.807) is 6.07 Å². The molecule has 0 bridgehead atoms. The summed E-state index contributed by atoms with van der Waals surface area (Å²) >= 11 is 12.1. The Morgan fingerprint density at radius 3 is 2.29 bits per heavy atom. The van der Waals surface area contributed by atoms with Crippen LogP contribution in [0.25, 0.3) is 0 Å². The topological polar surface area (TPSA) is 0 Å². The lowest BCUT2D eigenvalue weighted by Crippen LogP contribution is -1.98. The molecule has 0 nitrogen and oxygen atoms in total. The Hall–Kier alpha value is -1.24. The molecule has 0 spiro atoms. The van der Waals surface area contributed by atoms with Crippen LogP contribution in [-0.4, -0.2) is 0 Å². The molecule has 0 N–H and O–H groups in total. The number of hydrogen-bond donors (Lipinski definition) is 0. The van der Waals surface area contributed by atoms with Gasteiger partial charge in [0.1, 0.15) is 0 Å². The van der Waals surface area contributed by atoms with Crippen LogP contribution < -0.4 is 0 Å². The van der Waals surface area contributed by atoms with Crippen molar-refractivity contribution in [2.45, 2.75) is 5.92 Å². The second kappa shape index (κ2) is 5.39. The zero-order valence-electron chi connectivity index (χ0n) is 9.24. The summed E-state index contributed by atoms with van der Waals surface area (Å²) in [6.45, 7) is 3.89. The minimum Gasteiger partial charge on any atom is -0.102 e. The first-order chi connectivity index (χ1) is 8.22. The van der Waals surface area contributed by atoms with E-state index in [2.05, 4.69) is 18.7 Å². The summed E-state index contributed by atoms with van der Waals surface area (Å²) in [4.78, 5) is 0. The third-order valence-electron chi connectivity index (χ3n) is 2.69. The van der Waals surface area contributed by atoms with Crippen LogP contribution in [0, 0.1) is 0 Å². The number of allylic oxidation sites excluding steroid dienone is 1. The van der Waals surface area contributed by atoms with E-state index in [1.165, 1.54) is 5.56 Å². The van der Waals surface area contributed by atoms with Gasteiger partial charge in [-0.25, -0.2) is 0 Å². The van der Waals surface area contributed by atoms with Gasteiger partial charge in [0.05, 0.1) is 0 Å². The first-order valence-corrected chi connectivity index (χ1v) is 6.10. The summed E-state index contributed by atoms with van der Waals surface area (Å²) in [5.41, 5.74) is 2.20. The van der Waals surface area contributed by atoms with Crippen molar-refractivity contribution in [3.8, 4) is 0 Å². The van der Waals surface area contributed by atoms with Gasteiger partial charge >= 0.3 is 0 Å². The van der Waals surface area contributed by atoms with E-state index in [1.807, 2.05) is 36.4 Å². The van der Waals surface area contributed by atoms with Crippen LogP contribution in [0.5, 0.6) is 0 Å². The highest BCUT2D eigenvalue weighted by atomic mass is 35.5. The molecule has 0 aliphatic rings. The maximum absolute atomic E-state index is 6.22. The molecule has 2 rings (SSSR count). The molecule has 0 aliphatic heterocycles.